The van der Waals surface area contributed by atoms with Crippen LogP contribution in [-0.4, -0.2) is 35.2 Å². The molecular formula is C13H15FN2O5. The number of benzene rings is 1. The Labute approximate surface area is 119 Å². The van der Waals surface area contributed by atoms with Crippen LogP contribution < -0.4 is 10.1 Å². The van der Waals surface area contributed by atoms with Crippen LogP contribution in [0, 0.1) is 21.8 Å². The van der Waals surface area contributed by atoms with E-state index in [2.05, 4.69) is 5.32 Å². The van der Waals surface area contributed by atoms with E-state index in [1.807, 2.05) is 0 Å². The summed E-state index contributed by atoms with van der Waals surface area (Å²) in [5.41, 5.74) is -1.66. The molecule has 7 nitrogen and oxygen atoms in total. The number of nitro groups is 1. The smallest absolute Gasteiger partial charge is 0.327 e. The Bertz CT molecular complexity index is 576. The lowest BCUT2D eigenvalue weighted by Gasteiger charge is -2.28. The number of halogens is 1. The van der Waals surface area contributed by atoms with Gasteiger partial charge < -0.3 is 15.2 Å². The molecule has 0 aromatic heterocycles. The van der Waals surface area contributed by atoms with Gasteiger partial charge in [-0.25, -0.2) is 4.39 Å². The molecule has 1 unspecified atom stereocenters. The molecule has 2 rings (SSSR count). The molecule has 1 aliphatic rings. The van der Waals surface area contributed by atoms with E-state index in [4.69, 9.17) is 4.74 Å². The van der Waals surface area contributed by atoms with E-state index in [0.29, 0.717) is 0 Å². The first-order valence-electron chi connectivity index (χ1n) is 6.40. The van der Waals surface area contributed by atoms with Crippen LogP contribution >= 0.6 is 0 Å². The summed E-state index contributed by atoms with van der Waals surface area (Å²) in [4.78, 5) is 21.3. The van der Waals surface area contributed by atoms with Crippen LogP contribution in [0.3, 0.4) is 0 Å². The average Bonchev–Trinajstić information content (AvgIpc) is 3.25. The normalized spacial score (nSPS) is 17.0. The average molecular weight is 298 g/mol. The molecule has 114 valence electrons. The van der Waals surface area contributed by atoms with Crippen molar-refractivity contribution < 1.29 is 24.0 Å². The van der Waals surface area contributed by atoms with Gasteiger partial charge in [-0.1, -0.05) is 0 Å². The van der Waals surface area contributed by atoms with Crippen LogP contribution in [0.15, 0.2) is 18.2 Å². The van der Waals surface area contributed by atoms with Crippen LogP contribution in [0.5, 0.6) is 5.75 Å². The molecule has 2 N–H and O–H groups in total. The standard InChI is InChI=1S/C13H15FN2O5/c1-15-13(12(17)18,8-2-3-8)7-21-11-5-4-9(16(19)20)6-10(11)14/h4-6,8,15H,2-3,7H2,1H3,(H,17,18). The minimum atomic E-state index is -1.27. The van der Waals surface area contributed by atoms with Crippen LogP contribution in [0.1, 0.15) is 12.8 Å². The number of non-ortho nitro benzene ring substituents is 1. The van der Waals surface area contributed by atoms with Gasteiger partial charge in [-0.2, -0.15) is 0 Å². The Kier molecular flexibility index (Phi) is 4.08. The molecule has 0 saturated heterocycles. The fraction of sp³-hybridized carbons (Fsp3) is 0.462. The van der Waals surface area contributed by atoms with Gasteiger partial charge in [0.1, 0.15) is 6.61 Å². The number of nitro benzene ring substituents is 1. The fourth-order valence-electron chi connectivity index (χ4n) is 2.23. The second-order valence-electron chi connectivity index (χ2n) is 4.96. The van der Waals surface area contributed by atoms with E-state index >= 15 is 0 Å². The lowest BCUT2D eigenvalue weighted by atomic mass is 9.94. The van der Waals surface area contributed by atoms with E-state index < -0.39 is 22.2 Å². The highest BCUT2D eigenvalue weighted by Crippen LogP contribution is 2.40. The maximum atomic E-state index is 13.7. The third-order valence-corrected chi connectivity index (χ3v) is 3.68. The van der Waals surface area contributed by atoms with Crippen molar-refractivity contribution in [1.82, 2.24) is 5.32 Å². The zero-order chi connectivity index (χ0) is 15.6. The van der Waals surface area contributed by atoms with Crippen molar-refractivity contribution in [3.05, 3.63) is 34.1 Å². The predicted octanol–water partition coefficient (Wildman–Crippen LogP) is 1.57. The first-order valence-corrected chi connectivity index (χ1v) is 6.40. The minimum absolute atomic E-state index is 0.0684. The maximum absolute atomic E-state index is 13.7. The molecule has 21 heavy (non-hydrogen) atoms. The predicted molar refractivity (Wildman–Crippen MR) is 70.7 cm³/mol. The summed E-state index contributed by atoms with van der Waals surface area (Å²) >= 11 is 0. The summed E-state index contributed by atoms with van der Waals surface area (Å²) in [7, 11) is 1.52. The lowest BCUT2D eigenvalue weighted by molar-refractivity contribution is -0.385. The highest BCUT2D eigenvalue weighted by atomic mass is 19.1. The number of nitrogens with one attached hydrogen (secondary N) is 1. The Hall–Kier alpha value is -2.22. The largest absolute Gasteiger partial charge is 0.488 e. The molecule has 1 atom stereocenters. The van der Waals surface area contributed by atoms with E-state index in [-0.39, 0.29) is 24.0 Å². The SMILES string of the molecule is CNC(COc1ccc([N+](=O)[O-])cc1F)(C(=O)O)C1CC1. The molecule has 0 heterocycles. The molecule has 0 aliphatic heterocycles. The first kappa shape index (κ1) is 15.2. The van der Waals surface area contributed by atoms with Crippen molar-refractivity contribution in [2.45, 2.75) is 18.4 Å². The molecule has 0 radical (unpaired) electrons. The van der Waals surface area contributed by atoms with Crippen molar-refractivity contribution in [3.8, 4) is 5.75 Å². The molecule has 1 fully saturated rings. The number of carboxylic acids is 1. The Morgan fingerprint density at radius 3 is 2.71 bits per heavy atom. The fourth-order valence-corrected chi connectivity index (χ4v) is 2.23. The van der Waals surface area contributed by atoms with E-state index in [1.54, 1.807) is 0 Å². The third kappa shape index (κ3) is 2.94. The molecule has 0 amide bonds. The van der Waals surface area contributed by atoms with E-state index in [0.717, 1.165) is 31.0 Å². The molecule has 1 aromatic carbocycles. The van der Waals surface area contributed by atoms with Gasteiger partial charge in [0, 0.05) is 6.07 Å². The highest BCUT2D eigenvalue weighted by molar-refractivity contribution is 5.80. The zero-order valence-electron chi connectivity index (χ0n) is 11.3. The molecule has 8 heteroatoms. The van der Waals surface area contributed by atoms with Crippen LogP contribution in [0.4, 0.5) is 10.1 Å². The number of carbonyl (C=O) groups is 1. The van der Waals surface area contributed by atoms with Gasteiger partial charge in [-0.05, 0) is 31.9 Å². The topological polar surface area (TPSA) is 102 Å². The number of carboxylic acid groups (broad SMARTS) is 1. The third-order valence-electron chi connectivity index (χ3n) is 3.68. The summed E-state index contributed by atoms with van der Waals surface area (Å²) in [6.07, 6.45) is 1.53. The summed E-state index contributed by atoms with van der Waals surface area (Å²) in [5.74, 6) is -2.23. The molecule has 1 saturated carbocycles. The summed E-state index contributed by atoms with van der Waals surface area (Å²) < 4.78 is 19.0. The number of hydrogen-bond donors (Lipinski definition) is 2. The number of ether oxygens (including phenoxy) is 1. The van der Waals surface area contributed by atoms with Crippen molar-refractivity contribution in [1.29, 1.82) is 0 Å². The summed E-state index contributed by atoms with van der Waals surface area (Å²) in [6.45, 7) is -0.252. The first-order chi connectivity index (χ1) is 9.90. The second kappa shape index (κ2) is 5.65. The summed E-state index contributed by atoms with van der Waals surface area (Å²) in [6, 6.07) is 2.98. The second-order valence-corrected chi connectivity index (χ2v) is 4.96. The minimum Gasteiger partial charge on any atom is -0.488 e. The monoisotopic (exact) mass is 298 g/mol. The number of rotatable bonds is 7. The van der Waals surface area contributed by atoms with Crippen LogP contribution in [0.25, 0.3) is 0 Å². The van der Waals surface area contributed by atoms with E-state index in [1.165, 1.54) is 7.05 Å². The number of hydrogen-bond acceptors (Lipinski definition) is 5. The molecule has 0 bridgehead atoms. The van der Waals surface area contributed by atoms with Gasteiger partial charge in [0.25, 0.3) is 5.69 Å². The van der Waals surface area contributed by atoms with Crippen molar-refractivity contribution in [2.24, 2.45) is 5.92 Å². The summed E-state index contributed by atoms with van der Waals surface area (Å²) in [5, 5.41) is 22.6. The van der Waals surface area contributed by atoms with Crippen LogP contribution in [0.2, 0.25) is 0 Å². The quantitative estimate of drug-likeness (QED) is 0.585. The van der Waals surface area contributed by atoms with Gasteiger partial charge in [0.2, 0.25) is 0 Å². The van der Waals surface area contributed by atoms with Gasteiger partial charge in [0.05, 0.1) is 11.0 Å². The van der Waals surface area contributed by atoms with Gasteiger partial charge in [-0.15, -0.1) is 0 Å². The maximum Gasteiger partial charge on any atom is 0.327 e. The van der Waals surface area contributed by atoms with Gasteiger partial charge in [0.15, 0.2) is 17.1 Å². The molecule has 1 aromatic rings. The van der Waals surface area contributed by atoms with Crippen molar-refractivity contribution in [2.75, 3.05) is 13.7 Å². The Balaban J connectivity index is 2.14. The number of aliphatic carboxylic acids is 1. The van der Waals surface area contributed by atoms with Crippen molar-refractivity contribution >= 4 is 11.7 Å². The molecule has 0 spiro atoms. The lowest BCUT2D eigenvalue weighted by Crippen LogP contribution is -2.56. The number of likely N-dealkylation sites (N-methyl/N-ethyl adjacent to an activating group) is 1. The Morgan fingerprint density at radius 2 is 2.29 bits per heavy atom. The van der Waals surface area contributed by atoms with Crippen LogP contribution in [-0.2, 0) is 4.79 Å². The molecule has 1 aliphatic carbocycles. The molecular weight excluding hydrogens is 283 g/mol. The highest BCUT2D eigenvalue weighted by Gasteiger charge is 2.51. The Morgan fingerprint density at radius 1 is 1.62 bits per heavy atom. The van der Waals surface area contributed by atoms with Gasteiger partial charge >= 0.3 is 5.97 Å². The zero-order valence-corrected chi connectivity index (χ0v) is 11.3. The van der Waals surface area contributed by atoms with Gasteiger partial charge in [-0.3, -0.25) is 14.9 Å². The number of nitrogens with zero attached hydrogens (tertiary/aromatic N) is 1. The van der Waals surface area contributed by atoms with E-state index in [9.17, 15) is 24.4 Å². The van der Waals surface area contributed by atoms with Crippen molar-refractivity contribution in [3.63, 3.8) is 0 Å².